The Hall–Kier alpha value is -7.81. The van der Waals surface area contributed by atoms with Gasteiger partial charge in [0.25, 0.3) is 0 Å². The minimum Gasteiger partial charge on any atom is -0.292 e. The fourth-order valence-corrected chi connectivity index (χ4v) is 9.32. The fraction of sp³-hybridized carbons (Fsp3) is 0.0656. The molecule has 0 aliphatic rings. The SMILES string of the molecule is CC(C)(C)c1ccc(-c2ccc3c(-c4ccccc4)c4cc(-c5ccc(-c6ccc7c(c6)nc(-c6ccccc6)n7-c6ccccc6)cc5)ccc4c(-c4ccccc4)c3c2)cc1. The van der Waals surface area contributed by atoms with Crippen molar-refractivity contribution in [2.24, 2.45) is 0 Å². The lowest BCUT2D eigenvalue weighted by Gasteiger charge is -2.20. The van der Waals surface area contributed by atoms with Gasteiger partial charge in [-0.2, -0.15) is 0 Å². The molecule has 0 fully saturated rings. The molecule has 10 aromatic carbocycles. The second-order valence-electron chi connectivity index (χ2n) is 17.6. The topological polar surface area (TPSA) is 17.8 Å². The van der Waals surface area contributed by atoms with Gasteiger partial charge in [0.2, 0.25) is 0 Å². The molecule has 0 saturated heterocycles. The molecular weight excluding hydrogens is 761 g/mol. The van der Waals surface area contributed by atoms with Crippen molar-refractivity contribution >= 4 is 32.6 Å². The number of imidazole rings is 1. The predicted molar refractivity (Wildman–Crippen MR) is 267 cm³/mol. The van der Waals surface area contributed by atoms with Gasteiger partial charge in [-0.25, -0.2) is 4.98 Å². The second-order valence-corrected chi connectivity index (χ2v) is 17.6. The molecule has 300 valence electrons. The molecule has 2 nitrogen and oxygen atoms in total. The third kappa shape index (κ3) is 7.00. The van der Waals surface area contributed by atoms with Crippen LogP contribution in [0.5, 0.6) is 0 Å². The molecule has 0 atom stereocenters. The maximum atomic E-state index is 5.22. The Morgan fingerprint density at radius 1 is 0.333 bits per heavy atom. The summed E-state index contributed by atoms with van der Waals surface area (Å²) in [6.07, 6.45) is 0. The monoisotopic (exact) mass is 806 g/mol. The van der Waals surface area contributed by atoms with Crippen molar-refractivity contribution in [3.8, 4) is 72.7 Å². The van der Waals surface area contributed by atoms with Crippen molar-refractivity contribution in [3.63, 3.8) is 0 Å². The number of benzene rings is 10. The van der Waals surface area contributed by atoms with Crippen LogP contribution in [0.2, 0.25) is 0 Å². The minimum absolute atomic E-state index is 0.101. The lowest BCUT2D eigenvalue weighted by molar-refractivity contribution is 0.590. The summed E-state index contributed by atoms with van der Waals surface area (Å²) in [5, 5.41) is 4.98. The van der Waals surface area contributed by atoms with Gasteiger partial charge in [-0.3, -0.25) is 4.57 Å². The molecule has 1 heterocycles. The lowest BCUT2D eigenvalue weighted by Crippen LogP contribution is -2.10. The maximum absolute atomic E-state index is 5.22. The number of rotatable bonds is 7. The van der Waals surface area contributed by atoms with E-state index in [-0.39, 0.29) is 5.41 Å². The van der Waals surface area contributed by atoms with Crippen LogP contribution in [0.3, 0.4) is 0 Å². The molecule has 0 aliphatic carbocycles. The third-order valence-electron chi connectivity index (χ3n) is 12.6. The fourth-order valence-electron chi connectivity index (χ4n) is 9.32. The highest BCUT2D eigenvalue weighted by Crippen LogP contribution is 2.46. The first kappa shape index (κ1) is 38.1. The summed E-state index contributed by atoms with van der Waals surface area (Å²) in [5.74, 6) is 0.935. The van der Waals surface area contributed by atoms with E-state index in [2.05, 4.69) is 244 Å². The summed E-state index contributed by atoms with van der Waals surface area (Å²) < 4.78 is 2.26. The van der Waals surface area contributed by atoms with Crippen molar-refractivity contribution in [1.29, 1.82) is 0 Å². The Morgan fingerprint density at radius 2 is 0.730 bits per heavy atom. The van der Waals surface area contributed by atoms with E-state index in [9.17, 15) is 0 Å². The van der Waals surface area contributed by atoms with Gasteiger partial charge >= 0.3 is 0 Å². The Morgan fingerprint density at radius 3 is 1.21 bits per heavy atom. The highest BCUT2D eigenvalue weighted by Gasteiger charge is 2.20. The average Bonchev–Trinajstić information content (AvgIpc) is 3.73. The molecular formula is C61H46N2. The number of hydrogen-bond acceptors (Lipinski definition) is 1. The lowest BCUT2D eigenvalue weighted by atomic mass is 9.83. The molecule has 2 heteroatoms. The number of nitrogens with zero attached hydrogens (tertiary/aromatic N) is 2. The Balaban J connectivity index is 1.03. The van der Waals surface area contributed by atoms with Crippen molar-refractivity contribution in [2.75, 3.05) is 0 Å². The molecule has 0 saturated carbocycles. The van der Waals surface area contributed by atoms with Crippen molar-refractivity contribution in [1.82, 2.24) is 9.55 Å². The first-order valence-electron chi connectivity index (χ1n) is 21.9. The van der Waals surface area contributed by atoms with Crippen molar-refractivity contribution in [2.45, 2.75) is 26.2 Å². The second kappa shape index (κ2) is 15.6. The zero-order chi connectivity index (χ0) is 42.5. The predicted octanol–water partition coefficient (Wildman–Crippen LogP) is 16.6. The van der Waals surface area contributed by atoms with E-state index >= 15 is 0 Å². The van der Waals surface area contributed by atoms with E-state index in [1.165, 1.54) is 71.6 Å². The van der Waals surface area contributed by atoms with Crippen LogP contribution in [-0.2, 0) is 5.41 Å². The van der Waals surface area contributed by atoms with Crippen LogP contribution in [0.4, 0.5) is 0 Å². The average molecular weight is 807 g/mol. The van der Waals surface area contributed by atoms with Gasteiger partial charge in [0.05, 0.1) is 11.0 Å². The standard InChI is InChI=1S/C61H46N2/c1-61(2,3)50-33-28-43(29-34-50)48-31-36-53-55(39-48)59(45-18-10-5-11-19-45)52-35-30-47(38-54(52)58(53)44-16-8-4-9-17-44)41-24-26-42(27-25-41)49-32-37-57-56(40-49)62-60(46-20-12-6-13-21-46)63(57)51-22-14-7-15-23-51/h4-40H,1-3H3. The summed E-state index contributed by atoms with van der Waals surface area (Å²) in [6.45, 7) is 6.81. The summed E-state index contributed by atoms with van der Waals surface area (Å²) >= 11 is 0. The normalized spacial score (nSPS) is 11.7. The van der Waals surface area contributed by atoms with E-state index in [0.717, 1.165) is 39.2 Å². The zero-order valence-corrected chi connectivity index (χ0v) is 35.8. The highest BCUT2D eigenvalue weighted by atomic mass is 15.1. The molecule has 0 aliphatic heterocycles. The molecule has 0 unspecified atom stereocenters. The number of hydrogen-bond donors (Lipinski definition) is 0. The molecule has 0 spiro atoms. The molecule has 11 rings (SSSR count). The molecule has 1 aromatic heterocycles. The van der Waals surface area contributed by atoms with Crippen LogP contribution in [-0.4, -0.2) is 9.55 Å². The largest absolute Gasteiger partial charge is 0.292 e. The van der Waals surface area contributed by atoms with Crippen LogP contribution in [0.1, 0.15) is 26.3 Å². The molecule has 63 heavy (non-hydrogen) atoms. The zero-order valence-electron chi connectivity index (χ0n) is 35.8. The summed E-state index contributed by atoms with van der Waals surface area (Å²) in [6, 6.07) is 81.7. The molecule has 0 amide bonds. The van der Waals surface area contributed by atoms with Crippen LogP contribution in [0, 0.1) is 0 Å². The van der Waals surface area contributed by atoms with Gasteiger partial charge in [-0.1, -0.05) is 209 Å². The summed E-state index contributed by atoms with van der Waals surface area (Å²) in [7, 11) is 0. The molecule has 0 radical (unpaired) electrons. The smallest absolute Gasteiger partial charge is 0.145 e. The first-order chi connectivity index (χ1) is 30.9. The van der Waals surface area contributed by atoms with Crippen molar-refractivity contribution < 1.29 is 0 Å². The van der Waals surface area contributed by atoms with Gasteiger partial charge in [0, 0.05) is 11.3 Å². The van der Waals surface area contributed by atoms with Gasteiger partial charge in [-0.05, 0) is 125 Å². The Labute approximate surface area is 369 Å². The quantitative estimate of drug-likeness (QED) is 0.147. The number of aromatic nitrogens is 2. The van der Waals surface area contributed by atoms with E-state index in [0.29, 0.717) is 0 Å². The molecule has 11 aromatic rings. The Kier molecular flexibility index (Phi) is 9.43. The van der Waals surface area contributed by atoms with Crippen LogP contribution in [0.15, 0.2) is 224 Å². The Bertz CT molecular complexity index is 3410. The van der Waals surface area contributed by atoms with Crippen molar-refractivity contribution in [3.05, 3.63) is 230 Å². The molecule has 0 bridgehead atoms. The summed E-state index contributed by atoms with van der Waals surface area (Å²) in [5.41, 5.74) is 17.7. The van der Waals surface area contributed by atoms with Gasteiger partial charge in [0.1, 0.15) is 5.82 Å². The summed E-state index contributed by atoms with van der Waals surface area (Å²) in [4.78, 5) is 5.22. The number of para-hydroxylation sites is 1. The number of fused-ring (bicyclic) bond motifs is 3. The highest BCUT2D eigenvalue weighted by molar-refractivity contribution is 6.22. The van der Waals surface area contributed by atoms with Gasteiger partial charge < -0.3 is 0 Å². The van der Waals surface area contributed by atoms with E-state index in [1.807, 2.05) is 6.07 Å². The maximum Gasteiger partial charge on any atom is 0.145 e. The first-order valence-corrected chi connectivity index (χ1v) is 21.9. The van der Waals surface area contributed by atoms with E-state index in [4.69, 9.17) is 4.98 Å². The van der Waals surface area contributed by atoms with Gasteiger partial charge in [-0.15, -0.1) is 0 Å². The van der Waals surface area contributed by atoms with E-state index < -0.39 is 0 Å². The minimum atomic E-state index is 0.101. The third-order valence-corrected chi connectivity index (χ3v) is 12.6. The van der Waals surface area contributed by atoms with Crippen LogP contribution < -0.4 is 0 Å². The van der Waals surface area contributed by atoms with Gasteiger partial charge in [0.15, 0.2) is 0 Å². The van der Waals surface area contributed by atoms with Crippen LogP contribution in [0.25, 0.3) is 105 Å². The van der Waals surface area contributed by atoms with Crippen LogP contribution >= 0.6 is 0 Å². The molecule has 0 N–H and O–H groups in total. The van der Waals surface area contributed by atoms with E-state index in [1.54, 1.807) is 0 Å².